The predicted octanol–water partition coefficient (Wildman–Crippen LogP) is 3.03. The molecule has 5 nitrogen and oxygen atoms in total. The number of rotatable bonds is 6. The van der Waals surface area contributed by atoms with E-state index in [1.807, 2.05) is 43.3 Å². The molecule has 5 heteroatoms. The van der Waals surface area contributed by atoms with Gasteiger partial charge < -0.3 is 25.2 Å². The zero-order valence-electron chi connectivity index (χ0n) is 16.4. The second-order valence-corrected chi connectivity index (χ2v) is 7.07. The number of ether oxygens (including phenoxy) is 2. The molecule has 0 aromatic heterocycles. The van der Waals surface area contributed by atoms with Gasteiger partial charge in [0.15, 0.2) is 17.7 Å². The highest BCUT2D eigenvalue weighted by Gasteiger charge is 2.30. The minimum absolute atomic E-state index is 0.00356. The van der Waals surface area contributed by atoms with E-state index >= 15 is 0 Å². The van der Waals surface area contributed by atoms with Gasteiger partial charge in [0, 0.05) is 17.7 Å². The number of nitrogens with one attached hydrogen (secondary N) is 1. The summed E-state index contributed by atoms with van der Waals surface area (Å²) in [4.78, 5) is 0. The zero-order valence-corrected chi connectivity index (χ0v) is 16.4. The molecule has 0 bridgehead atoms. The van der Waals surface area contributed by atoms with Crippen LogP contribution in [0.4, 0.5) is 0 Å². The average Bonchev–Trinajstić information content (AvgIpc) is 2.69. The normalized spacial score (nSPS) is 19.4. The maximum absolute atomic E-state index is 10.7. The molecule has 1 aliphatic heterocycles. The lowest BCUT2D eigenvalue weighted by molar-refractivity contribution is -0.729. The molecule has 3 rings (SSSR count). The van der Waals surface area contributed by atoms with Crippen molar-refractivity contribution in [1.29, 1.82) is 0 Å². The van der Waals surface area contributed by atoms with Gasteiger partial charge in [-0.1, -0.05) is 19.9 Å². The third-order valence-corrected chi connectivity index (χ3v) is 4.89. The van der Waals surface area contributed by atoms with Crippen molar-refractivity contribution in [2.24, 2.45) is 5.92 Å². The molecule has 0 fully saturated rings. The van der Waals surface area contributed by atoms with Gasteiger partial charge in [-0.05, 0) is 48.9 Å². The van der Waals surface area contributed by atoms with E-state index in [0.29, 0.717) is 18.3 Å². The fourth-order valence-corrected chi connectivity index (χ4v) is 3.35. The summed E-state index contributed by atoms with van der Waals surface area (Å²) in [6, 6.07) is 13.7. The van der Waals surface area contributed by atoms with Crippen molar-refractivity contribution >= 4 is 5.70 Å². The van der Waals surface area contributed by atoms with Gasteiger partial charge in [0.25, 0.3) is 0 Å². The minimum Gasteiger partial charge on any atom is -0.504 e. The molecule has 1 aliphatic rings. The molecule has 0 aliphatic carbocycles. The quantitative estimate of drug-likeness (QED) is 0.732. The number of aromatic hydroxyl groups is 1. The molecular formula is C22H29N2O3+. The molecule has 2 aromatic rings. The van der Waals surface area contributed by atoms with Crippen LogP contribution in [0.25, 0.3) is 5.70 Å². The largest absolute Gasteiger partial charge is 0.504 e. The Kier molecular flexibility index (Phi) is 5.91. The fourth-order valence-electron chi connectivity index (χ4n) is 3.35. The molecule has 1 heterocycles. The average molecular weight is 369 g/mol. The standard InChI is InChI=1S/C22H28N2O3/c1-5-27-20-8-6-7-17(21(20)25)19-13-18(23-22(24-19)14(2)3)15-9-11-16(26-4)12-10-15/h6-14,19,22-25H,5H2,1-4H3/p+1. The van der Waals surface area contributed by atoms with Gasteiger partial charge in [0.2, 0.25) is 0 Å². The van der Waals surface area contributed by atoms with Gasteiger partial charge in [-0.3, -0.25) is 0 Å². The monoisotopic (exact) mass is 369 g/mol. The Bertz CT molecular complexity index is 800. The number of methoxy groups -OCH3 is 1. The Morgan fingerprint density at radius 1 is 1.15 bits per heavy atom. The molecule has 0 saturated carbocycles. The van der Waals surface area contributed by atoms with Gasteiger partial charge in [0.1, 0.15) is 11.8 Å². The first-order chi connectivity index (χ1) is 13.0. The highest BCUT2D eigenvalue weighted by molar-refractivity contribution is 5.66. The second-order valence-electron chi connectivity index (χ2n) is 7.07. The van der Waals surface area contributed by atoms with Crippen LogP contribution in [0.2, 0.25) is 0 Å². The number of nitrogens with two attached hydrogens (primary N) is 1. The van der Waals surface area contributed by atoms with E-state index in [-0.39, 0.29) is 18.0 Å². The maximum atomic E-state index is 10.7. The van der Waals surface area contributed by atoms with E-state index in [4.69, 9.17) is 9.47 Å². The van der Waals surface area contributed by atoms with Gasteiger partial charge in [-0.15, -0.1) is 0 Å². The van der Waals surface area contributed by atoms with Gasteiger partial charge in [0.05, 0.1) is 19.3 Å². The number of phenolic OH excluding ortho intramolecular Hbond substituents is 1. The van der Waals surface area contributed by atoms with Crippen LogP contribution in [0.3, 0.4) is 0 Å². The van der Waals surface area contributed by atoms with Gasteiger partial charge in [-0.2, -0.15) is 0 Å². The molecule has 0 amide bonds. The van der Waals surface area contributed by atoms with Crippen LogP contribution in [-0.4, -0.2) is 25.0 Å². The van der Waals surface area contributed by atoms with Crippen molar-refractivity contribution in [3.8, 4) is 17.2 Å². The summed E-state index contributed by atoms with van der Waals surface area (Å²) < 4.78 is 10.8. The first-order valence-electron chi connectivity index (χ1n) is 9.46. The zero-order chi connectivity index (χ0) is 19.4. The predicted molar refractivity (Wildman–Crippen MR) is 107 cm³/mol. The van der Waals surface area contributed by atoms with Crippen LogP contribution < -0.4 is 20.1 Å². The molecule has 0 spiro atoms. The molecular weight excluding hydrogens is 340 g/mol. The number of hydrogen-bond donors (Lipinski definition) is 3. The topological polar surface area (TPSA) is 67.3 Å². The Labute approximate surface area is 161 Å². The Morgan fingerprint density at radius 3 is 2.52 bits per heavy atom. The summed E-state index contributed by atoms with van der Waals surface area (Å²) in [5.74, 6) is 2.00. The molecule has 0 saturated heterocycles. The number of benzene rings is 2. The highest BCUT2D eigenvalue weighted by atomic mass is 16.5. The van der Waals surface area contributed by atoms with E-state index < -0.39 is 0 Å². The lowest BCUT2D eigenvalue weighted by Gasteiger charge is -2.32. The summed E-state index contributed by atoms with van der Waals surface area (Å²) in [7, 11) is 1.67. The maximum Gasteiger partial charge on any atom is 0.167 e. The molecule has 2 aromatic carbocycles. The van der Waals surface area contributed by atoms with Crippen molar-refractivity contribution in [2.45, 2.75) is 33.0 Å². The number of hydrogen-bond acceptors (Lipinski definition) is 4. The van der Waals surface area contributed by atoms with Crippen LogP contribution in [-0.2, 0) is 0 Å². The molecule has 4 N–H and O–H groups in total. The van der Waals surface area contributed by atoms with Crippen molar-refractivity contribution in [3.05, 3.63) is 59.7 Å². The Hall–Kier alpha value is -2.66. The molecule has 2 atom stereocenters. The summed E-state index contributed by atoms with van der Waals surface area (Å²) in [5, 5.41) is 16.6. The molecule has 0 radical (unpaired) electrons. The van der Waals surface area contributed by atoms with Gasteiger partial charge >= 0.3 is 0 Å². The number of quaternary nitrogens is 1. The second kappa shape index (κ2) is 8.35. The van der Waals surface area contributed by atoms with Crippen LogP contribution in [0, 0.1) is 5.92 Å². The lowest BCUT2D eigenvalue weighted by Crippen LogP contribution is -2.96. The van der Waals surface area contributed by atoms with E-state index in [1.165, 1.54) is 0 Å². The summed E-state index contributed by atoms with van der Waals surface area (Å²) in [5.41, 5.74) is 3.02. The third-order valence-electron chi connectivity index (χ3n) is 4.89. The minimum atomic E-state index is -0.00356. The summed E-state index contributed by atoms with van der Waals surface area (Å²) in [6.07, 6.45) is 2.36. The summed E-state index contributed by atoms with van der Waals surface area (Å²) in [6.45, 7) is 6.82. The van der Waals surface area contributed by atoms with Crippen molar-refractivity contribution in [2.75, 3.05) is 13.7 Å². The van der Waals surface area contributed by atoms with Crippen molar-refractivity contribution < 1.29 is 19.9 Å². The van der Waals surface area contributed by atoms with E-state index in [9.17, 15) is 5.11 Å². The first-order valence-corrected chi connectivity index (χ1v) is 9.46. The molecule has 2 unspecified atom stereocenters. The van der Waals surface area contributed by atoms with Crippen molar-refractivity contribution in [3.63, 3.8) is 0 Å². The molecule has 144 valence electrons. The van der Waals surface area contributed by atoms with Crippen LogP contribution in [0.5, 0.6) is 17.2 Å². The third kappa shape index (κ3) is 4.19. The van der Waals surface area contributed by atoms with Crippen LogP contribution in [0.1, 0.15) is 37.9 Å². The fraction of sp³-hybridized carbons (Fsp3) is 0.364. The lowest BCUT2D eigenvalue weighted by atomic mass is 9.97. The number of phenols is 1. The van der Waals surface area contributed by atoms with Crippen LogP contribution in [0.15, 0.2) is 48.5 Å². The van der Waals surface area contributed by atoms with E-state index in [1.54, 1.807) is 13.2 Å². The smallest absolute Gasteiger partial charge is 0.167 e. The van der Waals surface area contributed by atoms with E-state index in [0.717, 1.165) is 22.6 Å². The Morgan fingerprint density at radius 2 is 1.89 bits per heavy atom. The Balaban J connectivity index is 1.99. The highest BCUT2D eigenvalue weighted by Crippen LogP contribution is 2.34. The van der Waals surface area contributed by atoms with Crippen molar-refractivity contribution in [1.82, 2.24) is 5.32 Å². The summed E-state index contributed by atoms with van der Waals surface area (Å²) >= 11 is 0. The number of para-hydroxylation sites is 1. The SMILES string of the molecule is CCOc1cccc(C2C=C(c3ccc(OC)cc3)NC(C(C)C)[NH2+]2)c1O. The van der Waals surface area contributed by atoms with Crippen LogP contribution >= 0.6 is 0 Å². The van der Waals surface area contributed by atoms with Gasteiger partial charge in [-0.25, -0.2) is 0 Å². The first kappa shape index (κ1) is 19.1. The van der Waals surface area contributed by atoms with E-state index in [2.05, 4.69) is 30.6 Å². The molecule has 27 heavy (non-hydrogen) atoms.